The summed E-state index contributed by atoms with van der Waals surface area (Å²) in [6.45, 7) is 8.28. The van der Waals surface area contributed by atoms with E-state index in [1.807, 2.05) is 20.8 Å². The van der Waals surface area contributed by atoms with Crippen molar-refractivity contribution in [2.75, 3.05) is 0 Å². The molecule has 0 aromatic heterocycles. The predicted molar refractivity (Wildman–Crippen MR) is 95.0 cm³/mol. The average Bonchev–Trinajstić information content (AvgIpc) is 2.43. The van der Waals surface area contributed by atoms with Crippen LogP contribution < -0.4 is 5.73 Å². The molecule has 0 spiro atoms. The molecule has 0 fully saturated rings. The number of aliphatic carboxylic acids is 1. The van der Waals surface area contributed by atoms with Crippen LogP contribution in [-0.2, 0) is 4.79 Å². The van der Waals surface area contributed by atoms with Gasteiger partial charge in [-0.3, -0.25) is 4.79 Å². The quantitative estimate of drug-likeness (QED) is 0.424. The van der Waals surface area contributed by atoms with Crippen molar-refractivity contribution in [2.45, 2.75) is 104 Å². The molecule has 2 atom stereocenters. The molecule has 132 valence electrons. The Morgan fingerprint density at radius 3 is 1.91 bits per heavy atom. The lowest BCUT2D eigenvalue weighted by molar-refractivity contribution is -0.142. The lowest BCUT2D eigenvalue weighted by Crippen LogP contribution is -2.42. The molecule has 0 radical (unpaired) electrons. The fraction of sp³-hybridized carbons (Fsp3) is 0.947. The first kappa shape index (κ1) is 21.4. The summed E-state index contributed by atoms with van der Waals surface area (Å²) in [4.78, 5) is 11.3. The van der Waals surface area contributed by atoms with Crippen LogP contribution >= 0.6 is 0 Å². The molecular weight excluding hydrogens is 274 g/mol. The third-order valence-corrected chi connectivity index (χ3v) is 4.87. The SMILES string of the molecule is CCCCCCCCCCC(CC(CC)C(=O)O)C(C)(C)N. The zero-order chi connectivity index (χ0) is 17.0. The standard InChI is InChI=1S/C19H39NO2/c1-5-7-8-9-10-11-12-13-14-17(19(3,4)20)15-16(6-2)18(21)22/h16-17H,5-15,20H2,1-4H3,(H,21,22). The van der Waals surface area contributed by atoms with E-state index in [0.717, 1.165) is 6.42 Å². The zero-order valence-electron chi connectivity index (χ0n) is 15.4. The molecule has 3 N–H and O–H groups in total. The Bertz CT molecular complexity index is 284. The molecule has 0 saturated carbocycles. The first-order chi connectivity index (χ1) is 10.3. The summed E-state index contributed by atoms with van der Waals surface area (Å²) in [6.07, 6.45) is 12.9. The van der Waals surface area contributed by atoms with Crippen molar-refractivity contribution in [1.82, 2.24) is 0 Å². The maximum atomic E-state index is 11.3. The topological polar surface area (TPSA) is 63.3 Å². The van der Waals surface area contributed by atoms with E-state index in [1.54, 1.807) is 0 Å². The highest BCUT2D eigenvalue weighted by molar-refractivity contribution is 5.69. The number of nitrogens with two attached hydrogens (primary N) is 1. The summed E-state index contributed by atoms with van der Waals surface area (Å²) in [7, 11) is 0. The molecule has 0 amide bonds. The van der Waals surface area contributed by atoms with E-state index in [9.17, 15) is 9.90 Å². The molecule has 0 aromatic carbocycles. The minimum Gasteiger partial charge on any atom is -0.481 e. The van der Waals surface area contributed by atoms with Crippen molar-refractivity contribution in [2.24, 2.45) is 17.6 Å². The van der Waals surface area contributed by atoms with Gasteiger partial charge >= 0.3 is 5.97 Å². The molecule has 0 heterocycles. The van der Waals surface area contributed by atoms with Gasteiger partial charge in [-0.1, -0.05) is 65.2 Å². The lowest BCUT2D eigenvalue weighted by atomic mass is 9.77. The second kappa shape index (κ2) is 11.9. The fourth-order valence-electron chi connectivity index (χ4n) is 3.10. The van der Waals surface area contributed by atoms with Gasteiger partial charge in [0, 0.05) is 5.54 Å². The van der Waals surface area contributed by atoms with Gasteiger partial charge in [-0.25, -0.2) is 0 Å². The molecular formula is C19H39NO2. The Kier molecular flexibility index (Phi) is 11.6. The summed E-state index contributed by atoms with van der Waals surface area (Å²) in [5.74, 6) is -0.622. The summed E-state index contributed by atoms with van der Waals surface area (Å²) in [6, 6.07) is 0. The predicted octanol–water partition coefficient (Wildman–Crippen LogP) is 5.37. The summed E-state index contributed by atoms with van der Waals surface area (Å²) < 4.78 is 0. The monoisotopic (exact) mass is 313 g/mol. The third kappa shape index (κ3) is 10.2. The van der Waals surface area contributed by atoms with Crippen molar-refractivity contribution < 1.29 is 9.90 Å². The fourth-order valence-corrected chi connectivity index (χ4v) is 3.10. The summed E-state index contributed by atoms with van der Waals surface area (Å²) >= 11 is 0. The number of carbonyl (C=O) groups is 1. The van der Waals surface area contributed by atoms with Gasteiger partial charge in [-0.2, -0.15) is 0 Å². The van der Waals surface area contributed by atoms with Crippen LogP contribution in [0.5, 0.6) is 0 Å². The van der Waals surface area contributed by atoms with E-state index in [2.05, 4.69) is 6.92 Å². The van der Waals surface area contributed by atoms with Crippen LogP contribution in [0.15, 0.2) is 0 Å². The summed E-state index contributed by atoms with van der Waals surface area (Å²) in [5, 5.41) is 9.26. The van der Waals surface area contributed by atoms with Crippen LogP contribution in [0.3, 0.4) is 0 Å². The Balaban J connectivity index is 4.04. The number of rotatable bonds is 14. The number of hydrogen-bond donors (Lipinski definition) is 2. The minimum atomic E-state index is -0.673. The molecule has 0 rings (SSSR count). The van der Waals surface area contributed by atoms with Gasteiger partial charge in [0.25, 0.3) is 0 Å². The van der Waals surface area contributed by atoms with Gasteiger partial charge in [0.15, 0.2) is 0 Å². The Morgan fingerprint density at radius 2 is 1.50 bits per heavy atom. The molecule has 2 unspecified atom stereocenters. The van der Waals surface area contributed by atoms with E-state index >= 15 is 0 Å². The first-order valence-corrected chi connectivity index (χ1v) is 9.34. The van der Waals surface area contributed by atoms with Gasteiger partial charge in [-0.15, -0.1) is 0 Å². The Hall–Kier alpha value is -0.570. The molecule has 0 aromatic rings. The average molecular weight is 314 g/mol. The maximum Gasteiger partial charge on any atom is 0.306 e. The van der Waals surface area contributed by atoms with E-state index in [1.165, 1.54) is 51.4 Å². The molecule has 0 aliphatic carbocycles. The zero-order valence-corrected chi connectivity index (χ0v) is 15.4. The molecule has 22 heavy (non-hydrogen) atoms. The maximum absolute atomic E-state index is 11.3. The van der Waals surface area contributed by atoms with Crippen molar-refractivity contribution >= 4 is 5.97 Å². The van der Waals surface area contributed by atoms with Gasteiger partial charge < -0.3 is 10.8 Å². The van der Waals surface area contributed by atoms with Crippen LogP contribution in [0.25, 0.3) is 0 Å². The number of carboxylic acids is 1. The molecule has 3 nitrogen and oxygen atoms in total. The van der Waals surface area contributed by atoms with Crippen molar-refractivity contribution in [3.8, 4) is 0 Å². The number of hydrogen-bond acceptors (Lipinski definition) is 2. The smallest absolute Gasteiger partial charge is 0.306 e. The van der Waals surface area contributed by atoms with Crippen LogP contribution in [0.2, 0.25) is 0 Å². The second-order valence-electron chi connectivity index (χ2n) is 7.46. The molecule has 0 bridgehead atoms. The normalized spacial score (nSPS) is 14.8. The highest BCUT2D eigenvalue weighted by Crippen LogP contribution is 2.29. The van der Waals surface area contributed by atoms with Crippen LogP contribution in [0, 0.1) is 11.8 Å². The van der Waals surface area contributed by atoms with Crippen LogP contribution in [-0.4, -0.2) is 16.6 Å². The van der Waals surface area contributed by atoms with Crippen LogP contribution in [0.1, 0.15) is 98.3 Å². The third-order valence-electron chi connectivity index (χ3n) is 4.87. The second-order valence-corrected chi connectivity index (χ2v) is 7.46. The van der Waals surface area contributed by atoms with Crippen LogP contribution in [0.4, 0.5) is 0 Å². The van der Waals surface area contributed by atoms with Crippen molar-refractivity contribution in [1.29, 1.82) is 0 Å². The molecule has 3 heteroatoms. The number of unbranched alkanes of at least 4 members (excludes halogenated alkanes) is 7. The first-order valence-electron chi connectivity index (χ1n) is 9.34. The molecule has 0 saturated heterocycles. The van der Waals surface area contributed by atoms with E-state index < -0.39 is 5.97 Å². The highest BCUT2D eigenvalue weighted by atomic mass is 16.4. The Labute approximate surface area is 138 Å². The Morgan fingerprint density at radius 1 is 1.00 bits per heavy atom. The minimum absolute atomic E-state index is 0.248. The molecule has 0 aliphatic heterocycles. The lowest BCUT2D eigenvalue weighted by Gasteiger charge is -2.32. The van der Waals surface area contributed by atoms with Gasteiger partial charge in [-0.05, 0) is 39.0 Å². The molecule has 0 aliphatic rings. The van der Waals surface area contributed by atoms with Gasteiger partial charge in [0.2, 0.25) is 0 Å². The summed E-state index contributed by atoms with van der Waals surface area (Å²) in [5.41, 5.74) is 6.00. The van der Waals surface area contributed by atoms with Gasteiger partial charge in [0.05, 0.1) is 5.92 Å². The highest BCUT2D eigenvalue weighted by Gasteiger charge is 2.29. The number of carboxylic acid groups (broad SMARTS) is 1. The van der Waals surface area contributed by atoms with Crippen molar-refractivity contribution in [3.05, 3.63) is 0 Å². The van der Waals surface area contributed by atoms with Gasteiger partial charge in [0.1, 0.15) is 0 Å². The van der Waals surface area contributed by atoms with E-state index in [4.69, 9.17) is 5.73 Å². The van der Waals surface area contributed by atoms with Crippen molar-refractivity contribution in [3.63, 3.8) is 0 Å². The van der Waals surface area contributed by atoms with E-state index in [0.29, 0.717) is 18.8 Å². The van der Waals surface area contributed by atoms with E-state index in [-0.39, 0.29) is 11.5 Å². The largest absolute Gasteiger partial charge is 0.481 e.